The van der Waals surface area contributed by atoms with Gasteiger partial charge in [0, 0.05) is 80.6 Å². The van der Waals surface area contributed by atoms with Crippen LogP contribution in [-0.2, 0) is 46.2 Å². The van der Waals surface area contributed by atoms with Crippen molar-refractivity contribution in [3.8, 4) is 11.3 Å². The van der Waals surface area contributed by atoms with Crippen LogP contribution in [0.4, 0.5) is 10.5 Å². The van der Waals surface area contributed by atoms with E-state index >= 15 is 0 Å². The fourth-order valence-electron chi connectivity index (χ4n) is 8.05. The van der Waals surface area contributed by atoms with Gasteiger partial charge in [-0.1, -0.05) is 19.9 Å². The number of alkyl carbamates (subject to hydrolysis) is 1. The summed E-state index contributed by atoms with van der Waals surface area (Å²) < 4.78 is 30.5. The lowest BCUT2D eigenvalue weighted by molar-refractivity contribution is -0.145. The van der Waals surface area contributed by atoms with E-state index in [9.17, 15) is 14.4 Å². The number of nitrogens with one attached hydrogen (secondary N) is 1. The van der Waals surface area contributed by atoms with Gasteiger partial charge in [0.2, 0.25) is 0 Å². The number of rotatable bonds is 16. The van der Waals surface area contributed by atoms with E-state index in [2.05, 4.69) is 64.7 Å². The third-order valence-electron chi connectivity index (χ3n) is 11.3. The van der Waals surface area contributed by atoms with Gasteiger partial charge in [0.25, 0.3) is 0 Å². The summed E-state index contributed by atoms with van der Waals surface area (Å²) >= 11 is 0. The second-order valence-corrected chi connectivity index (χ2v) is 17.7. The molecule has 0 bridgehead atoms. The monoisotopic (exact) mass is 789 g/mol. The van der Waals surface area contributed by atoms with Gasteiger partial charge in [-0.05, 0) is 89.6 Å². The summed E-state index contributed by atoms with van der Waals surface area (Å²) in [6, 6.07) is 8.71. The highest BCUT2D eigenvalue weighted by molar-refractivity contribution is 5.93. The normalized spacial score (nSPS) is 19.9. The number of methoxy groups -OCH3 is 2. The minimum absolute atomic E-state index is 0.0410. The van der Waals surface area contributed by atoms with Crippen molar-refractivity contribution in [3.05, 3.63) is 47.3 Å². The van der Waals surface area contributed by atoms with Crippen molar-refractivity contribution < 1.29 is 38.1 Å². The van der Waals surface area contributed by atoms with Crippen LogP contribution in [-0.4, -0.2) is 110 Å². The lowest BCUT2D eigenvalue weighted by atomic mass is 9.84. The van der Waals surface area contributed by atoms with Gasteiger partial charge in [-0.25, -0.2) is 9.59 Å². The standard InChI is InChI=1S/C44H63N5O8/c1-11-49-37-15-12-29(32-22-38(32)55-25-36(41(51)54-10)46-42(52)57-43(4,5)6)20-33(37)35(23-44(7,8)26-56-28(3)50)40(49)34-21-31(24-45-39(34)27(2)53-9)48-18-16-47(17-19-48)30-13-14-30/h12,15,20-21,24,27,30,32,36,38H,11,13-14,16-19,22-23,25-26H2,1-10H3,(H,46,52)/t27-,32-,36-,38+/m0/s1. The SMILES string of the molecule is CCn1c(-c2cc(N3CCN(C4CC4)CC3)cnc2[C@H](C)OC)c(CC(C)(C)COC(C)=O)c2cc([C@@H]3C[C@H]3OC[C@H](NC(=O)OC(C)(C)C)C(=O)OC)ccc21. The van der Waals surface area contributed by atoms with E-state index < -0.39 is 23.7 Å². The second kappa shape index (κ2) is 17.3. The average molecular weight is 790 g/mol. The predicted octanol–water partition coefficient (Wildman–Crippen LogP) is 6.79. The van der Waals surface area contributed by atoms with Gasteiger partial charge in [0.05, 0.1) is 55.8 Å². The summed E-state index contributed by atoms with van der Waals surface area (Å²) in [5, 5.41) is 3.73. The lowest BCUT2D eigenvalue weighted by Gasteiger charge is -2.36. The van der Waals surface area contributed by atoms with Crippen molar-refractivity contribution in [2.45, 2.75) is 123 Å². The third kappa shape index (κ3) is 10.3. The zero-order valence-corrected chi connectivity index (χ0v) is 35.6. The molecule has 2 aliphatic carbocycles. The first kappa shape index (κ1) is 42.4. The van der Waals surface area contributed by atoms with Crippen molar-refractivity contribution in [3.63, 3.8) is 0 Å². The fraction of sp³-hybridized carbons (Fsp3) is 0.636. The molecule has 4 atom stereocenters. The summed E-state index contributed by atoms with van der Waals surface area (Å²) in [4.78, 5) is 47.3. The molecule has 6 rings (SSSR count). The maximum Gasteiger partial charge on any atom is 0.408 e. The van der Waals surface area contributed by atoms with E-state index in [4.69, 9.17) is 28.7 Å². The minimum atomic E-state index is -1.00. The number of nitrogens with zero attached hydrogens (tertiary/aromatic N) is 4. The van der Waals surface area contributed by atoms with Crippen LogP contribution < -0.4 is 10.2 Å². The highest BCUT2D eigenvalue weighted by atomic mass is 16.6. The Morgan fingerprint density at radius 3 is 2.35 bits per heavy atom. The number of fused-ring (bicyclic) bond motifs is 1. The molecule has 3 aliphatic rings. The summed E-state index contributed by atoms with van der Waals surface area (Å²) in [5.74, 6) is -0.796. The van der Waals surface area contributed by atoms with Crippen LogP contribution in [0.25, 0.3) is 22.2 Å². The van der Waals surface area contributed by atoms with E-state index in [0.717, 1.165) is 84.3 Å². The van der Waals surface area contributed by atoms with Gasteiger partial charge in [-0.3, -0.25) is 14.7 Å². The number of carbonyl (C=O) groups excluding carboxylic acids is 3. The molecule has 0 radical (unpaired) electrons. The Labute approximate surface area is 337 Å². The fourth-order valence-corrected chi connectivity index (χ4v) is 8.05. The first-order chi connectivity index (χ1) is 27.0. The zero-order valence-electron chi connectivity index (χ0n) is 35.6. The molecular weight excluding hydrogens is 727 g/mol. The van der Waals surface area contributed by atoms with Crippen molar-refractivity contribution in [1.29, 1.82) is 0 Å². The van der Waals surface area contributed by atoms with Crippen LogP contribution in [0.1, 0.15) is 103 Å². The highest BCUT2D eigenvalue weighted by Gasteiger charge is 2.41. The molecule has 1 amide bonds. The number of amides is 1. The number of benzene rings is 1. The molecule has 3 heterocycles. The van der Waals surface area contributed by atoms with Crippen LogP contribution in [0.2, 0.25) is 0 Å². The predicted molar refractivity (Wildman–Crippen MR) is 219 cm³/mol. The molecule has 13 heteroatoms. The summed E-state index contributed by atoms with van der Waals surface area (Å²) in [5.41, 5.74) is 6.44. The number of aromatic nitrogens is 2. The van der Waals surface area contributed by atoms with Gasteiger partial charge in [0.15, 0.2) is 6.04 Å². The first-order valence-electron chi connectivity index (χ1n) is 20.5. The maximum atomic E-state index is 12.6. The van der Waals surface area contributed by atoms with Crippen molar-refractivity contribution in [1.82, 2.24) is 19.8 Å². The van der Waals surface area contributed by atoms with Crippen molar-refractivity contribution in [2.24, 2.45) is 5.41 Å². The number of hydrogen-bond donors (Lipinski definition) is 1. The number of esters is 2. The van der Waals surface area contributed by atoms with E-state index in [1.165, 1.54) is 32.4 Å². The molecule has 1 aliphatic heterocycles. The van der Waals surface area contributed by atoms with Crippen LogP contribution in [0.5, 0.6) is 0 Å². The molecule has 312 valence electrons. The minimum Gasteiger partial charge on any atom is -0.467 e. The topological polar surface area (TPSA) is 134 Å². The largest absolute Gasteiger partial charge is 0.467 e. The van der Waals surface area contributed by atoms with Gasteiger partial charge >= 0.3 is 18.0 Å². The first-order valence-corrected chi connectivity index (χ1v) is 20.5. The molecule has 3 fully saturated rings. The molecule has 57 heavy (non-hydrogen) atoms. The quantitative estimate of drug-likeness (QED) is 0.122. The van der Waals surface area contributed by atoms with Crippen LogP contribution in [0.15, 0.2) is 30.5 Å². The molecule has 13 nitrogen and oxygen atoms in total. The van der Waals surface area contributed by atoms with Crippen LogP contribution in [0, 0.1) is 5.41 Å². The Bertz CT molecular complexity index is 1920. The Morgan fingerprint density at radius 2 is 1.74 bits per heavy atom. The summed E-state index contributed by atoms with van der Waals surface area (Å²) in [6.07, 6.45) is 4.96. The average Bonchev–Trinajstić information content (AvgIpc) is 4.12. The molecule has 1 saturated heterocycles. The second-order valence-electron chi connectivity index (χ2n) is 17.7. The number of anilines is 1. The molecule has 0 unspecified atom stereocenters. The number of aryl methyl sites for hydroxylation is 1. The zero-order chi connectivity index (χ0) is 41.2. The van der Waals surface area contributed by atoms with Gasteiger partial charge in [0.1, 0.15) is 5.60 Å². The summed E-state index contributed by atoms with van der Waals surface area (Å²) in [6.45, 7) is 20.2. The number of ether oxygens (including phenoxy) is 5. The molecule has 1 N–H and O–H groups in total. The van der Waals surface area contributed by atoms with E-state index in [-0.39, 0.29) is 42.7 Å². The van der Waals surface area contributed by atoms with E-state index in [1.807, 2.05) is 13.1 Å². The highest BCUT2D eigenvalue weighted by Crippen LogP contribution is 2.47. The van der Waals surface area contributed by atoms with Gasteiger partial charge < -0.3 is 38.5 Å². The lowest BCUT2D eigenvalue weighted by Crippen LogP contribution is -2.47. The Balaban J connectivity index is 1.35. The molecular formula is C44H63N5O8. The summed E-state index contributed by atoms with van der Waals surface area (Å²) in [7, 11) is 3.01. The van der Waals surface area contributed by atoms with Crippen LogP contribution in [0.3, 0.4) is 0 Å². The van der Waals surface area contributed by atoms with E-state index in [1.54, 1.807) is 27.9 Å². The van der Waals surface area contributed by atoms with E-state index in [0.29, 0.717) is 6.42 Å². The molecule has 3 aromatic rings. The van der Waals surface area contributed by atoms with Crippen LogP contribution >= 0.6 is 0 Å². The smallest absolute Gasteiger partial charge is 0.408 e. The Kier molecular flexibility index (Phi) is 12.9. The third-order valence-corrected chi connectivity index (χ3v) is 11.3. The number of pyridine rings is 1. The number of carbonyl (C=O) groups is 3. The van der Waals surface area contributed by atoms with Gasteiger partial charge in [-0.15, -0.1) is 0 Å². The molecule has 0 spiro atoms. The maximum absolute atomic E-state index is 12.6. The Hall–Kier alpha value is -4.20. The molecule has 2 saturated carbocycles. The Morgan fingerprint density at radius 1 is 1.02 bits per heavy atom. The number of hydrogen-bond acceptors (Lipinski definition) is 11. The molecule has 1 aromatic carbocycles. The number of piperazine rings is 1. The van der Waals surface area contributed by atoms with Crippen molar-refractivity contribution in [2.75, 3.05) is 58.5 Å². The van der Waals surface area contributed by atoms with Gasteiger partial charge in [-0.2, -0.15) is 0 Å². The molecule has 2 aromatic heterocycles. The van der Waals surface area contributed by atoms with Crippen molar-refractivity contribution >= 4 is 34.6 Å².